The fourth-order valence-corrected chi connectivity index (χ4v) is 5.19. The Kier molecular flexibility index (Phi) is 2.85. The Balaban J connectivity index is 2.46. The zero-order valence-corrected chi connectivity index (χ0v) is 9.07. The first kappa shape index (κ1) is 8.33. The largest absolute Gasteiger partial charge is 0.0622 e. The second kappa shape index (κ2) is 4.11. The third-order valence-electron chi connectivity index (χ3n) is 1.57. The molecule has 2 aromatic rings. The van der Waals surface area contributed by atoms with Crippen molar-refractivity contribution in [2.45, 2.75) is 0 Å². The standard InChI is InChI=1S/C9H7P3/c1-2-4-8(5-3-1)9-6-7-10-12-11-9/h1-7H. The van der Waals surface area contributed by atoms with E-state index >= 15 is 0 Å². The van der Waals surface area contributed by atoms with Gasteiger partial charge >= 0.3 is 0 Å². The van der Waals surface area contributed by atoms with Crippen molar-refractivity contribution in [3.05, 3.63) is 42.2 Å². The molecule has 1 aromatic heterocycles. The highest BCUT2D eigenvalue weighted by Crippen LogP contribution is 2.38. The zero-order valence-electron chi connectivity index (χ0n) is 6.38. The van der Waals surface area contributed by atoms with Crippen LogP contribution in [0.25, 0.3) is 10.9 Å². The lowest BCUT2D eigenvalue weighted by molar-refractivity contribution is 1.70. The molecule has 0 bridgehead atoms. The van der Waals surface area contributed by atoms with Crippen molar-refractivity contribution < 1.29 is 0 Å². The highest BCUT2D eigenvalue weighted by molar-refractivity contribution is 8.16. The number of hydrogen-bond acceptors (Lipinski definition) is 0. The maximum Gasteiger partial charge on any atom is 0.0142 e. The predicted octanol–water partition coefficient (Wildman–Crippen LogP) is 5.09. The van der Waals surface area contributed by atoms with Gasteiger partial charge in [0.1, 0.15) is 0 Å². The summed E-state index contributed by atoms with van der Waals surface area (Å²) in [7, 11) is 4.33. The van der Waals surface area contributed by atoms with Gasteiger partial charge in [-0.05, 0) is 40.7 Å². The minimum atomic E-state index is 1.36. The van der Waals surface area contributed by atoms with Gasteiger partial charge in [0.05, 0.1) is 0 Å². The fourth-order valence-electron chi connectivity index (χ4n) is 1.00. The molecule has 0 N–H and O–H groups in total. The van der Waals surface area contributed by atoms with E-state index in [9.17, 15) is 0 Å². The van der Waals surface area contributed by atoms with Crippen LogP contribution in [0.3, 0.4) is 0 Å². The fraction of sp³-hybridized carbons (Fsp3) is 0. The highest BCUT2D eigenvalue weighted by atomic mass is 32.1. The molecule has 0 saturated heterocycles. The summed E-state index contributed by atoms with van der Waals surface area (Å²) in [5.41, 5.74) is 1.36. The monoisotopic (exact) mass is 208 g/mol. The first-order valence-corrected chi connectivity index (χ1v) is 7.83. The molecule has 1 aromatic carbocycles. The molecule has 0 saturated carbocycles. The minimum absolute atomic E-state index is 1.36. The van der Waals surface area contributed by atoms with Crippen LogP contribution >= 0.6 is 23.3 Å². The van der Waals surface area contributed by atoms with Gasteiger partial charge in [-0.25, -0.2) is 0 Å². The Morgan fingerprint density at radius 1 is 0.917 bits per heavy atom. The molecule has 0 nitrogen and oxygen atoms in total. The van der Waals surface area contributed by atoms with Crippen molar-refractivity contribution in [3.8, 4) is 10.9 Å². The lowest BCUT2D eigenvalue weighted by Crippen LogP contribution is -1.68. The van der Waals surface area contributed by atoms with E-state index in [1.165, 1.54) is 34.1 Å². The van der Waals surface area contributed by atoms with Gasteiger partial charge < -0.3 is 0 Å². The number of rotatable bonds is 1. The van der Waals surface area contributed by atoms with Crippen molar-refractivity contribution in [1.82, 2.24) is 0 Å². The van der Waals surface area contributed by atoms with Crippen molar-refractivity contribution in [3.63, 3.8) is 0 Å². The first-order valence-electron chi connectivity index (χ1n) is 3.66. The lowest BCUT2D eigenvalue weighted by atomic mass is 10.2. The second-order valence-corrected chi connectivity index (χ2v) is 7.20. The summed E-state index contributed by atoms with van der Waals surface area (Å²) in [6.07, 6.45) is 0. The van der Waals surface area contributed by atoms with Crippen molar-refractivity contribution in [2.24, 2.45) is 0 Å². The molecule has 0 radical (unpaired) electrons. The Bertz CT molecular complexity index is 307. The molecule has 3 heteroatoms. The van der Waals surface area contributed by atoms with Crippen LogP contribution in [0, 0.1) is 0 Å². The quantitative estimate of drug-likeness (QED) is 0.611. The summed E-state index contributed by atoms with van der Waals surface area (Å²) in [5.74, 6) is 2.22. The van der Waals surface area contributed by atoms with Crippen molar-refractivity contribution >= 4 is 23.3 Å². The van der Waals surface area contributed by atoms with E-state index in [-0.39, 0.29) is 0 Å². The number of hydrogen-bond donors (Lipinski definition) is 0. The molecular formula is C9H7P3. The van der Waals surface area contributed by atoms with Crippen molar-refractivity contribution in [2.75, 3.05) is 0 Å². The number of benzene rings is 1. The molecule has 0 aliphatic heterocycles. The maximum absolute atomic E-state index is 2.23. The minimum Gasteiger partial charge on any atom is -0.0622 e. The maximum atomic E-state index is 2.23. The Morgan fingerprint density at radius 3 is 2.42 bits per heavy atom. The average molecular weight is 208 g/mol. The summed E-state index contributed by atoms with van der Waals surface area (Å²) < 4.78 is 0. The van der Waals surface area contributed by atoms with Gasteiger partial charge in [-0.1, -0.05) is 30.3 Å². The second-order valence-electron chi connectivity index (χ2n) is 2.37. The Morgan fingerprint density at radius 2 is 1.75 bits per heavy atom. The van der Waals surface area contributed by atoms with Gasteiger partial charge in [-0.3, -0.25) is 0 Å². The zero-order chi connectivity index (χ0) is 8.23. The van der Waals surface area contributed by atoms with E-state index < -0.39 is 0 Å². The van der Waals surface area contributed by atoms with E-state index in [1.54, 1.807) is 0 Å². The van der Waals surface area contributed by atoms with E-state index in [0.717, 1.165) is 0 Å². The molecule has 0 fully saturated rings. The van der Waals surface area contributed by atoms with Crippen LogP contribution in [0.15, 0.2) is 42.2 Å². The van der Waals surface area contributed by atoms with Crippen LogP contribution in [-0.2, 0) is 0 Å². The lowest BCUT2D eigenvalue weighted by Gasteiger charge is -1.97. The van der Waals surface area contributed by atoms with Crippen molar-refractivity contribution in [1.29, 1.82) is 0 Å². The van der Waals surface area contributed by atoms with Crippen LogP contribution in [0.4, 0.5) is 0 Å². The van der Waals surface area contributed by atoms with Crippen LogP contribution in [0.1, 0.15) is 0 Å². The van der Waals surface area contributed by atoms with Crippen LogP contribution < -0.4 is 0 Å². The van der Waals surface area contributed by atoms with Crippen LogP contribution in [0.2, 0.25) is 0 Å². The van der Waals surface area contributed by atoms with Gasteiger partial charge in [0.25, 0.3) is 0 Å². The third-order valence-corrected chi connectivity index (χ3v) is 6.03. The molecule has 1 heterocycles. The molecule has 0 spiro atoms. The summed E-state index contributed by atoms with van der Waals surface area (Å²) in [6, 6.07) is 12.8. The van der Waals surface area contributed by atoms with Gasteiger partial charge in [-0.15, -0.1) is 0 Å². The van der Waals surface area contributed by atoms with E-state index in [1.807, 2.05) is 0 Å². The molecule has 0 aliphatic rings. The molecule has 0 atom stereocenters. The molecule has 0 unspecified atom stereocenters. The Labute approximate surface area is 76.8 Å². The van der Waals surface area contributed by atoms with E-state index in [0.29, 0.717) is 0 Å². The topological polar surface area (TPSA) is 0 Å². The SMILES string of the molecule is c1ccc(-c2ccppp2)cc1. The summed E-state index contributed by atoms with van der Waals surface area (Å²) >= 11 is 0. The predicted molar refractivity (Wildman–Crippen MR) is 59.4 cm³/mol. The summed E-state index contributed by atoms with van der Waals surface area (Å²) in [6.45, 7) is 0. The molecule has 2 rings (SSSR count). The molecule has 0 amide bonds. The summed E-state index contributed by atoms with van der Waals surface area (Å²) in [5, 5.41) is 1.44. The molecule has 58 valence electrons. The summed E-state index contributed by atoms with van der Waals surface area (Å²) in [4.78, 5) is 0. The van der Waals surface area contributed by atoms with Gasteiger partial charge in [0, 0.05) is 5.30 Å². The normalized spacial score (nSPS) is 11.7. The van der Waals surface area contributed by atoms with Crippen LogP contribution in [0.5, 0.6) is 0 Å². The molecular weight excluding hydrogens is 201 g/mol. The van der Waals surface area contributed by atoms with E-state index in [2.05, 4.69) is 42.2 Å². The first-order chi connectivity index (χ1) is 5.97. The highest BCUT2D eigenvalue weighted by Gasteiger charge is 1.93. The Hall–Kier alpha value is -0.270. The van der Waals surface area contributed by atoms with E-state index in [4.69, 9.17) is 0 Å². The third kappa shape index (κ3) is 1.90. The smallest absolute Gasteiger partial charge is 0.0142 e. The van der Waals surface area contributed by atoms with Gasteiger partial charge in [0.2, 0.25) is 0 Å². The molecule has 12 heavy (non-hydrogen) atoms. The van der Waals surface area contributed by atoms with Gasteiger partial charge in [-0.2, -0.15) is 0 Å². The van der Waals surface area contributed by atoms with Crippen LogP contribution in [-0.4, -0.2) is 0 Å². The average Bonchev–Trinajstić information content (AvgIpc) is 2.21. The van der Waals surface area contributed by atoms with Gasteiger partial charge in [0.15, 0.2) is 0 Å². The molecule has 0 aliphatic carbocycles.